The van der Waals surface area contributed by atoms with Crippen molar-refractivity contribution in [3.63, 3.8) is 0 Å². The van der Waals surface area contributed by atoms with Gasteiger partial charge in [0, 0.05) is 29.3 Å². The van der Waals surface area contributed by atoms with E-state index >= 15 is 0 Å². The summed E-state index contributed by atoms with van der Waals surface area (Å²) in [5, 5.41) is 5.03. The highest BCUT2D eigenvalue weighted by molar-refractivity contribution is 6.35. The summed E-state index contributed by atoms with van der Waals surface area (Å²) in [6.07, 6.45) is 4.23. The van der Waals surface area contributed by atoms with Gasteiger partial charge >= 0.3 is 0 Å². The van der Waals surface area contributed by atoms with Gasteiger partial charge in [-0.3, -0.25) is 0 Å². The standard InChI is InChI=1S/C16H25Cl2NO/c1-3-9-19-15(6-5-10-20-4-2)11-13-7-8-14(17)12-16(13)18/h7-8,12,15,19H,3-6,9-11H2,1-2H3. The van der Waals surface area contributed by atoms with E-state index in [4.69, 9.17) is 27.9 Å². The van der Waals surface area contributed by atoms with Gasteiger partial charge in [0.2, 0.25) is 0 Å². The van der Waals surface area contributed by atoms with Crippen LogP contribution in [-0.4, -0.2) is 25.8 Å². The third kappa shape index (κ3) is 6.94. The fourth-order valence-corrected chi connectivity index (χ4v) is 2.64. The van der Waals surface area contributed by atoms with Crippen LogP contribution >= 0.6 is 23.2 Å². The van der Waals surface area contributed by atoms with Gasteiger partial charge in [0.1, 0.15) is 0 Å². The minimum absolute atomic E-state index is 0.439. The van der Waals surface area contributed by atoms with Gasteiger partial charge in [0.15, 0.2) is 0 Å². The van der Waals surface area contributed by atoms with Crippen molar-refractivity contribution in [2.45, 2.75) is 45.6 Å². The topological polar surface area (TPSA) is 21.3 Å². The third-order valence-corrected chi connectivity index (χ3v) is 3.80. The normalized spacial score (nSPS) is 12.6. The van der Waals surface area contributed by atoms with Crippen LogP contribution in [0.25, 0.3) is 0 Å². The summed E-state index contributed by atoms with van der Waals surface area (Å²) in [6, 6.07) is 6.18. The van der Waals surface area contributed by atoms with E-state index in [1.807, 2.05) is 25.1 Å². The molecule has 0 heterocycles. The Bertz CT molecular complexity index is 385. The molecule has 0 radical (unpaired) electrons. The molecule has 1 N–H and O–H groups in total. The van der Waals surface area contributed by atoms with E-state index in [-0.39, 0.29) is 0 Å². The Kier molecular flexibility index (Phi) is 9.28. The van der Waals surface area contributed by atoms with Gasteiger partial charge in [-0.1, -0.05) is 36.2 Å². The maximum Gasteiger partial charge on any atom is 0.0466 e. The van der Waals surface area contributed by atoms with Crippen LogP contribution in [0.15, 0.2) is 18.2 Å². The monoisotopic (exact) mass is 317 g/mol. The van der Waals surface area contributed by atoms with Crippen LogP contribution < -0.4 is 5.32 Å². The zero-order chi connectivity index (χ0) is 14.8. The lowest BCUT2D eigenvalue weighted by molar-refractivity contribution is 0.140. The zero-order valence-electron chi connectivity index (χ0n) is 12.4. The van der Waals surface area contributed by atoms with Crippen LogP contribution in [0.1, 0.15) is 38.7 Å². The second kappa shape index (κ2) is 10.4. The van der Waals surface area contributed by atoms with Crippen LogP contribution in [0.5, 0.6) is 0 Å². The van der Waals surface area contributed by atoms with Gasteiger partial charge in [0.25, 0.3) is 0 Å². The summed E-state index contributed by atoms with van der Waals surface area (Å²) in [4.78, 5) is 0. The zero-order valence-corrected chi connectivity index (χ0v) is 13.9. The van der Waals surface area contributed by atoms with E-state index < -0.39 is 0 Å². The Morgan fingerprint density at radius 1 is 1.25 bits per heavy atom. The van der Waals surface area contributed by atoms with Crippen molar-refractivity contribution in [1.82, 2.24) is 5.32 Å². The van der Waals surface area contributed by atoms with E-state index in [0.29, 0.717) is 11.1 Å². The SMILES string of the molecule is CCCNC(CCCOCC)Cc1ccc(Cl)cc1Cl. The molecule has 20 heavy (non-hydrogen) atoms. The number of ether oxygens (including phenoxy) is 1. The highest BCUT2D eigenvalue weighted by Gasteiger charge is 2.11. The second-order valence-electron chi connectivity index (χ2n) is 4.93. The first-order valence-corrected chi connectivity index (χ1v) is 8.18. The smallest absolute Gasteiger partial charge is 0.0466 e. The predicted molar refractivity (Wildman–Crippen MR) is 88.0 cm³/mol. The van der Waals surface area contributed by atoms with E-state index in [0.717, 1.165) is 56.0 Å². The quantitative estimate of drug-likeness (QED) is 0.630. The third-order valence-electron chi connectivity index (χ3n) is 3.21. The molecule has 0 aliphatic carbocycles. The van der Waals surface area contributed by atoms with Crippen molar-refractivity contribution in [2.24, 2.45) is 0 Å². The van der Waals surface area contributed by atoms with Crippen LogP contribution in [0, 0.1) is 0 Å². The molecule has 1 rings (SSSR count). The van der Waals surface area contributed by atoms with Gasteiger partial charge in [-0.25, -0.2) is 0 Å². The van der Waals surface area contributed by atoms with E-state index in [1.165, 1.54) is 0 Å². The number of nitrogens with one attached hydrogen (secondary N) is 1. The fraction of sp³-hybridized carbons (Fsp3) is 0.625. The van der Waals surface area contributed by atoms with Crippen molar-refractivity contribution in [3.05, 3.63) is 33.8 Å². The van der Waals surface area contributed by atoms with Crippen LogP contribution in [0.4, 0.5) is 0 Å². The molecule has 1 atom stereocenters. The predicted octanol–water partition coefficient (Wildman–Crippen LogP) is 4.72. The van der Waals surface area contributed by atoms with Gasteiger partial charge < -0.3 is 10.1 Å². The first kappa shape index (κ1) is 17.8. The number of rotatable bonds is 10. The summed E-state index contributed by atoms with van der Waals surface area (Å²) < 4.78 is 5.41. The summed E-state index contributed by atoms with van der Waals surface area (Å²) >= 11 is 12.2. The van der Waals surface area contributed by atoms with Crippen molar-refractivity contribution >= 4 is 23.2 Å². The molecule has 0 aliphatic rings. The molecule has 0 fully saturated rings. The van der Waals surface area contributed by atoms with Gasteiger partial charge in [0.05, 0.1) is 0 Å². The summed E-state index contributed by atoms with van der Waals surface area (Å²) in [7, 11) is 0. The molecule has 1 aromatic rings. The Labute approximate surface area is 132 Å². The lowest BCUT2D eigenvalue weighted by atomic mass is 10.0. The minimum Gasteiger partial charge on any atom is -0.382 e. The molecule has 0 amide bonds. The van der Waals surface area contributed by atoms with Gasteiger partial charge in [-0.15, -0.1) is 0 Å². The van der Waals surface area contributed by atoms with Crippen LogP contribution in [0.2, 0.25) is 10.0 Å². The molecular weight excluding hydrogens is 293 g/mol. The molecule has 4 heteroatoms. The van der Waals surface area contributed by atoms with Gasteiger partial charge in [-0.05, 0) is 56.8 Å². The minimum atomic E-state index is 0.439. The number of hydrogen-bond acceptors (Lipinski definition) is 2. The van der Waals surface area contributed by atoms with E-state index in [9.17, 15) is 0 Å². The van der Waals surface area contributed by atoms with Crippen LogP contribution in [-0.2, 0) is 11.2 Å². The Morgan fingerprint density at radius 3 is 2.70 bits per heavy atom. The first-order valence-electron chi connectivity index (χ1n) is 7.42. The highest BCUT2D eigenvalue weighted by atomic mass is 35.5. The molecule has 0 spiro atoms. The Morgan fingerprint density at radius 2 is 2.05 bits per heavy atom. The van der Waals surface area contributed by atoms with Crippen LogP contribution in [0.3, 0.4) is 0 Å². The molecule has 114 valence electrons. The van der Waals surface area contributed by atoms with E-state index in [2.05, 4.69) is 12.2 Å². The molecule has 0 aromatic heterocycles. The second-order valence-corrected chi connectivity index (χ2v) is 5.77. The number of halogens is 2. The average molecular weight is 318 g/mol. The molecule has 0 bridgehead atoms. The molecule has 2 nitrogen and oxygen atoms in total. The molecule has 0 aliphatic heterocycles. The highest BCUT2D eigenvalue weighted by Crippen LogP contribution is 2.22. The Balaban J connectivity index is 2.53. The maximum absolute atomic E-state index is 6.25. The maximum atomic E-state index is 6.25. The molecule has 0 saturated heterocycles. The van der Waals surface area contributed by atoms with Crippen molar-refractivity contribution in [2.75, 3.05) is 19.8 Å². The summed E-state index contributed by atoms with van der Waals surface area (Å²) in [5.74, 6) is 0. The lowest BCUT2D eigenvalue weighted by Gasteiger charge is -2.19. The fourth-order valence-electron chi connectivity index (χ4n) is 2.15. The molecular formula is C16H25Cl2NO. The average Bonchev–Trinajstić information content (AvgIpc) is 2.43. The van der Waals surface area contributed by atoms with Crippen molar-refractivity contribution < 1.29 is 4.74 Å². The summed E-state index contributed by atoms with van der Waals surface area (Å²) in [6.45, 7) is 6.86. The van der Waals surface area contributed by atoms with Gasteiger partial charge in [-0.2, -0.15) is 0 Å². The first-order chi connectivity index (χ1) is 9.67. The molecule has 1 aromatic carbocycles. The largest absolute Gasteiger partial charge is 0.382 e. The lowest BCUT2D eigenvalue weighted by Crippen LogP contribution is -2.32. The van der Waals surface area contributed by atoms with E-state index in [1.54, 1.807) is 0 Å². The Hall–Kier alpha value is -0.280. The number of benzene rings is 1. The summed E-state index contributed by atoms with van der Waals surface area (Å²) in [5.41, 5.74) is 1.15. The number of hydrogen-bond donors (Lipinski definition) is 1. The molecule has 1 unspecified atom stereocenters. The van der Waals surface area contributed by atoms with Crippen molar-refractivity contribution in [1.29, 1.82) is 0 Å². The van der Waals surface area contributed by atoms with Crippen molar-refractivity contribution in [3.8, 4) is 0 Å². The molecule has 0 saturated carbocycles.